The van der Waals surface area contributed by atoms with Gasteiger partial charge in [0.1, 0.15) is 0 Å². The van der Waals surface area contributed by atoms with Crippen LogP contribution in [-0.2, 0) is 11.2 Å². The summed E-state index contributed by atoms with van der Waals surface area (Å²) in [6.45, 7) is 2.15. The maximum absolute atomic E-state index is 5.29. The van der Waals surface area contributed by atoms with E-state index in [9.17, 15) is 0 Å². The van der Waals surface area contributed by atoms with Gasteiger partial charge in [-0.05, 0) is 31.4 Å². The number of hydrogen-bond acceptors (Lipinski definition) is 2. The van der Waals surface area contributed by atoms with Crippen molar-refractivity contribution >= 4 is 0 Å². The highest BCUT2D eigenvalue weighted by Crippen LogP contribution is 2.06. The minimum atomic E-state index is 0.377. The van der Waals surface area contributed by atoms with Crippen LogP contribution in [0.1, 0.15) is 25.5 Å². The Labute approximate surface area is 80.0 Å². The first-order valence-corrected chi connectivity index (χ1v) is 4.79. The Balaban J connectivity index is 2.34. The fraction of sp³-hybridized carbons (Fsp3) is 0.545. The lowest BCUT2D eigenvalue weighted by atomic mass is 10.1. The zero-order valence-electron chi connectivity index (χ0n) is 8.36. The van der Waals surface area contributed by atoms with E-state index in [2.05, 4.69) is 18.0 Å². The van der Waals surface area contributed by atoms with Crippen molar-refractivity contribution in [1.29, 1.82) is 0 Å². The lowest BCUT2D eigenvalue weighted by Gasteiger charge is -2.11. The zero-order valence-corrected chi connectivity index (χ0v) is 8.36. The number of nitrogens with zero attached hydrogens (tertiary/aromatic N) is 1. The second kappa shape index (κ2) is 5.70. The monoisotopic (exact) mass is 179 g/mol. The number of rotatable bonds is 5. The van der Waals surface area contributed by atoms with E-state index in [1.54, 1.807) is 7.11 Å². The Morgan fingerprint density at radius 1 is 1.46 bits per heavy atom. The molecule has 1 aromatic rings. The van der Waals surface area contributed by atoms with Crippen LogP contribution in [0, 0.1) is 0 Å². The molecule has 0 aliphatic rings. The maximum Gasteiger partial charge on any atom is 0.0572 e. The number of ether oxygens (including phenoxy) is 1. The predicted molar refractivity (Wildman–Crippen MR) is 53.6 cm³/mol. The molecule has 0 bridgehead atoms. The number of hydrogen-bond donors (Lipinski definition) is 0. The molecule has 1 unspecified atom stereocenters. The van der Waals surface area contributed by atoms with Crippen LogP contribution in [0.25, 0.3) is 0 Å². The second-order valence-corrected chi connectivity index (χ2v) is 3.13. The number of aromatic nitrogens is 1. The van der Waals surface area contributed by atoms with Gasteiger partial charge in [0.25, 0.3) is 0 Å². The second-order valence-electron chi connectivity index (χ2n) is 3.13. The number of methoxy groups -OCH3 is 1. The summed E-state index contributed by atoms with van der Waals surface area (Å²) >= 11 is 0. The van der Waals surface area contributed by atoms with Gasteiger partial charge < -0.3 is 4.74 Å². The van der Waals surface area contributed by atoms with Crippen molar-refractivity contribution in [3.8, 4) is 0 Å². The average molecular weight is 179 g/mol. The van der Waals surface area contributed by atoms with Crippen molar-refractivity contribution in [2.75, 3.05) is 7.11 Å². The van der Waals surface area contributed by atoms with Gasteiger partial charge in [-0.25, -0.2) is 0 Å². The molecule has 13 heavy (non-hydrogen) atoms. The van der Waals surface area contributed by atoms with Crippen molar-refractivity contribution in [3.63, 3.8) is 0 Å². The van der Waals surface area contributed by atoms with Crippen molar-refractivity contribution in [2.24, 2.45) is 0 Å². The van der Waals surface area contributed by atoms with E-state index < -0.39 is 0 Å². The van der Waals surface area contributed by atoms with Gasteiger partial charge >= 0.3 is 0 Å². The summed E-state index contributed by atoms with van der Waals surface area (Å²) < 4.78 is 5.29. The van der Waals surface area contributed by atoms with Gasteiger partial charge in [0, 0.05) is 19.0 Å². The number of aryl methyl sites for hydroxylation is 1. The summed E-state index contributed by atoms with van der Waals surface area (Å²) in [5.74, 6) is 0. The van der Waals surface area contributed by atoms with Crippen LogP contribution in [0.3, 0.4) is 0 Å². The topological polar surface area (TPSA) is 22.1 Å². The van der Waals surface area contributed by atoms with Gasteiger partial charge in [0.05, 0.1) is 6.10 Å². The highest BCUT2D eigenvalue weighted by molar-refractivity contribution is 5.03. The molecule has 0 aliphatic carbocycles. The fourth-order valence-corrected chi connectivity index (χ4v) is 1.34. The molecule has 1 heterocycles. The lowest BCUT2D eigenvalue weighted by Crippen LogP contribution is -2.10. The van der Waals surface area contributed by atoms with Gasteiger partial charge in [0.15, 0.2) is 0 Å². The molecule has 0 amide bonds. The van der Waals surface area contributed by atoms with Crippen LogP contribution in [0.5, 0.6) is 0 Å². The molecule has 72 valence electrons. The summed E-state index contributed by atoms with van der Waals surface area (Å²) in [5.41, 5.74) is 1.15. The third-order valence-corrected chi connectivity index (χ3v) is 2.24. The van der Waals surface area contributed by atoms with Crippen LogP contribution in [0.4, 0.5) is 0 Å². The molecule has 0 N–H and O–H groups in total. The number of pyridine rings is 1. The summed E-state index contributed by atoms with van der Waals surface area (Å²) in [6.07, 6.45) is 5.35. The molecule has 2 heteroatoms. The molecule has 1 atom stereocenters. The third kappa shape index (κ3) is 3.55. The predicted octanol–water partition coefficient (Wildman–Crippen LogP) is 2.44. The molecular formula is C11H17NO. The first-order valence-electron chi connectivity index (χ1n) is 4.79. The normalized spacial score (nSPS) is 12.8. The van der Waals surface area contributed by atoms with Crippen molar-refractivity contribution in [1.82, 2.24) is 4.98 Å². The molecule has 0 aliphatic heterocycles. The quantitative estimate of drug-likeness (QED) is 0.692. The Kier molecular flexibility index (Phi) is 4.47. The van der Waals surface area contributed by atoms with Crippen molar-refractivity contribution in [2.45, 2.75) is 32.3 Å². The molecular weight excluding hydrogens is 162 g/mol. The molecule has 0 saturated carbocycles. The minimum Gasteiger partial charge on any atom is -0.381 e. The van der Waals surface area contributed by atoms with Gasteiger partial charge in [0.2, 0.25) is 0 Å². The van der Waals surface area contributed by atoms with E-state index in [0.29, 0.717) is 6.10 Å². The van der Waals surface area contributed by atoms with Crippen molar-refractivity contribution in [3.05, 3.63) is 30.1 Å². The molecule has 0 radical (unpaired) electrons. The molecule has 0 saturated heterocycles. The molecule has 0 fully saturated rings. The Morgan fingerprint density at radius 3 is 2.85 bits per heavy atom. The average Bonchev–Trinajstić information content (AvgIpc) is 2.21. The molecule has 0 spiro atoms. The van der Waals surface area contributed by atoms with Gasteiger partial charge in [-0.1, -0.05) is 13.0 Å². The maximum atomic E-state index is 5.29. The lowest BCUT2D eigenvalue weighted by molar-refractivity contribution is 0.0922. The minimum absolute atomic E-state index is 0.377. The first kappa shape index (κ1) is 10.2. The molecule has 0 aromatic carbocycles. The third-order valence-electron chi connectivity index (χ3n) is 2.24. The Bertz CT molecular complexity index is 219. The van der Waals surface area contributed by atoms with E-state index in [1.165, 1.54) is 0 Å². The summed E-state index contributed by atoms with van der Waals surface area (Å²) in [6, 6.07) is 6.02. The molecule has 1 aromatic heterocycles. The zero-order chi connectivity index (χ0) is 9.52. The fourth-order valence-electron chi connectivity index (χ4n) is 1.34. The first-order chi connectivity index (χ1) is 6.36. The van der Waals surface area contributed by atoms with Gasteiger partial charge in [-0.3, -0.25) is 4.98 Å². The van der Waals surface area contributed by atoms with Crippen LogP contribution in [-0.4, -0.2) is 18.2 Å². The molecule has 1 rings (SSSR count). The SMILES string of the molecule is CCC(CCc1ccccn1)OC. The van der Waals surface area contributed by atoms with Crippen LogP contribution in [0.15, 0.2) is 24.4 Å². The van der Waals surface area contributed by atoms with E-state index >= 15 is 0 Å². The summed E-state index contributed by atoms with van der Waals surface area (Å²) in [7, 11) is 1.77. The largest absolute Gasteiger partial charge is 0.381 e. The summed E-state index contributed by atoms with van der Waals surface area (Å²) in [4.78, 5) is 4.26. The van der Waals surface area contributed by atoms with Crippen LogP contribution < -0.4 is 0 Å². The Hall–Kier alpha value is -0.890. The van der Waals surface area contributed by atoms with E-state index in [1.807, 2.05) is 18.3 Å². The van der Waals surface area contributed by atoms with E-state index in [4.69, 9.17) is 4.74 Å². The van der Waals surface area contributed by atoms with Crippen LogP contribution >= 0.6 is 0 Å². The standard InChI is InChI=1S/C11H17NO/c1-3-11(13-2)8-7-10-6-4-5-9-12-10/h4-6,9,11H,3,7-8H2,1-2H3. The van der Waals surface area contributed by atoms with Crippen molar-refractivity contribution < 1.29 is 4.74 Å². The summed E-state index contributed by atoms with van der Waals surface area (Å²) in [5, 5.41) is 0. The molecule has 2 nitrogen and oxygen atoms in total. The highest BCUT2D eigenvalue weighted by Gasteiger charge is 2.04. The van der Waals surface area contributed by atoms with Crippen LogP contribution in [0.2, 0.25) is 0 Å². The smallest absolute Gasteiger partial charge is 0.0572 e. The van der Waals surface area contributed by atoms with E-state index in [-0.39, 0.29) is 0 Å². The van der Waals surface area contributed by atoms with Gasteiger partial charge in [-0.15, -0.1) is 0 Å². The Morgan fingerprint density at radius 2 is 2.31 bits per heavy atom. The highest BCUT2D eigenvalue weighted by atomic mass is 16.5. The van der Waals surface area contributed by atoms with E-state index in [0.717, 1.165) is 25.0 Å². The van der Waals surface area contributed by atoms with Gasteiger partial charge in [-0.2, -0.15) is 0 Å².